The first-order valence-corrected chi connectivity index (χ1v) is 9.37. The van der Waals surface area contributed by atoms with E-state index in [-0.39, 0.29) is 0 Å². The van der Waals surface area contributed by atoms with Crippen LogP contribution >= 0.6 is 0 Å². The summed E-state index contributed by atoms with van der Waals surface area (Å²) in [5.41, 5.74) is 1.14. The zero-order valence-electron chi connectivity index (χ0n) is 16.6. The van der Waals surface area contributed by atoms with E-state index in [1.54, 1.807) is 7.05 Å². The van der Waals surface area contributed by atoms with E-state index < -0.39 is 0 Å². The van der Waals surface area contributed by atoms with Crippen LogP contribution in [0.15, 0.2) is 35.6 Å². The number of ether oxygens (including phenoxy) is 2. The smallest absolute Gasteiger partial charge is 0.194 e. The molecule has 146 valence electrons. The monoisotopic (exact) mass is 371 g/mol. The molecule has 1 aliphatic rings. The Morgan fingerprint density at radius 1 is 1.30 bits per heavy atom. The van der Waals surface area contributed by atoms with Gasteiger partial charge in [0.2, 0.25) is 0 Å². The van der Waals surface area contributed by atoms with E-state index in [0.29, 0.717) is 25.7 Å². The number of guanidine groups is 1. The normalized spacial score (nSPS) is 13.7. The molecule has 0 saturated carbocycles. The lowest BCUT2D eigenvalue weighted by Gasteiger charge is -2.24. The predicted octanol–water partition coefficient (Wildman–Crippen LogP) is 2.52. The number of imidazole rings is 1. The zero-order valence-corrected chi connectivity index (χ0v) is 16.6. The number of fused-ring (bicyclic) bond motifs is 1. The minimum Gasteiger partial charge on any atom is -0.486 e. The maximum absolute atomic E-state index is 5.67. The van der Waals surface area contributed by atoms with Gasteiger partial charge in [0.05, 0.1) is 6.54 Å². The fourth-order valence-electron chi connectivity index (χ4n) is 3.14. The van der Waals surface area contributed by atoms with E-state index in [1.807, 2.05) is 31.6 Å². The third kappa shape index (κ3) is 4.93. The van der Waals surface area contributed by atoms with Crippen LogP contribution < -0.4 is 14.8 Å². The van der Waals surface area contributed by atoms with E-state index in [0.717, 1.165) is 41.9 Å². The second kappa shape index (κ2) is 8.79. The Balaban J connectivity index is 1.60. The van der Waals surface area contributed by atoms with Gasteiger partial charge in [-0.15, -0.1) is 0 Å². The number of hydrogen-bond donors (Lipinski definition) is 1. The Bertz CT molecular complexity index is 784. The second-order valence-corrected chi connectivity index (χ2v) is 7.12. The van der Waals surface area contributed by atoms with Crippen LogP contribution in [0, 0.1) is 5.92 Å². The van der Waals surface area contributed by atoms with Crippen molar-refractivity contribution >= 4 is 5.96 Å². The van der Waals surface area contributed by atoms with Crippen LogP contribution in [-0.4, -0.2) is 47.7 Å². The standard InChI is InChI=1S/C20H29N5O2/c1-15(2)13-25-8-7-22-19(25)12-23-20(21-3)24(4)14-16-5-6-17-18(11-16)27-10-9-26-17/h5-8,11,15H,9-10,12-14H2,1-4H3,(H,21,23). The summed E-state index contributed by atoms with van der Waals surface area (Å²) in [6, 6.07) is 6.07. The van der Waals surface area contributed by atoms with Crippen molar-refractivity contribution in [3.05, 3.63) is 42.0 Å². The average Bonchev–Trinajstić information content (AvgIpc) is 3.08. The lowest BCUT2D eigenvalue weighted by molar-refractivity contribution is 0.171. The van der Waals surface area contributed by atoms with Gasteiger partial charge in [0.15, 0.2) is 17.5 Å². The van der Waals surface area contributed by atoms with Gasteiger partial charge in [-0.25, -0.2) is 4.98 Å². The molecule has 1 aliphatic heterocycles. The Morgan fingerprint density at radius 3 is 2.81 bits per heavy atom. The van der Waals surface area contributed by atoms with Gasteiger partial charge >= 0.3 is 0 Å². The first-order chi connectivity index (χ1) is 13.1. The molecule has 7 nitrogen and oxygen atoms in total. The topological polar surface area (TPSA) is 63.9 Å². The zero-order chi connectivity index (χ0) is 19.2. The molecule has 0 radical (unpaired) electrons. The molecular formula is C20H29N5O2. The summed E-state index contributed by atoms with van der Waals surface area (Å²) in [7, 11) is 3.82. The van der Waals surface area contributed by atoms with Crippen molar-refractivity contribution in [2.75, 3.05) is 27.3 Å². The number of benzene rings is 1. The van der Waals surface area contributed by atoms with Crippen molar-refractivity contribution in [1.82, 2.24) is 19.8 Å². The summed E-state index contributed by atoms with van der Waals surface area (Å²) in [6.45, 7) is 7.93. The van der Waals surface area contributed by atoms with Crippen molar-refractivity contribution in [3.8, 4) is 11.5 Å². The predicted molar refractivity (Wildman–Crippen MR) is 106 cm³/mol. The summed E-state index contributed by atoms with van der Waals surface area (Å²) in [6.07, 6.45) is 3.87. The van der Waals surface area contributed by atoms with Gasteiger partial charge in [0.25, 0.3) is 0 Å². The summed E-state index contributed by atoms with van der Waals surface area (Å²) < 4.78 is 13.4. The summed E-state index contributed by atoms with van der Waals surface area (Å²) in [5.74, 6) is 4.04. The minimum absolute atomic E-state index is 0.579. The summed E-state index contributed by atoms with van der Waals surface area (Å²) in [5, 5.41) is 3.40. The first kappa shape index (κ1) is 19.1. The van der Waals surface area contributed by atoms with E-state index >= 15 is 0 Å². The Morgan fingerprint density at radius 2 is 2.07 bits per heavy atom. The van der Waals surface area contributed by atoms with Gasteiger partial charge in [0.1, 0.15) is 19.0 Å². The quantitative estimate of drug-likeness (QED) is 0.624. The van der Waals surface area contributed by atoms with Gasteiger partial charge in [-0.3, -0.25) is 4.99 Å². The van der Waals surface area contributed by atoms with Crippen LogP contribution in [-0.2, 0) is 19.6 Å². The highest BCUT2D eigenvalue weighted by molar-refractivity contribution is 5.79. The first-order valence-electron chi connectivity index (χ1n) is 9.37. The number of aliphatic imine (C=N–C) groups is 1. The molecule has 0 spiro atoms. The molecule has 0 saturated heterocycles. The van der Waals surface area contributed by atoms with Crippen LogP contribution in [0.25, 0.3) is 0 Å². The average molecular weight is 371 g/mol. The van der Waals surface area contributed by atoms with Crippen molar-refractivity contribution in [2.24, 2.45) is 10.9 Å². The molecule has 0 unspecified atom stereocenters. The molecule has 2 heterocycles. The highest BCUT2D eigenvalue weighted by atomic mass is 16.6. The molecule has 1 N–H and O–H groups in total. The fourth-order valence-corrected chi connectivity index (χ4v) is 3.14. The van der Waals surface area contributed by atoms with Crippen LogP contribution in [0.1, 0.15) is 25.2 Å². The Labute approximate surface area is 161 Å². The number of rotatable bonds is 6. The van der Waals surface area contributed by atoms with E-state index in [2.05, 4.69) is 44.7 Å². The van der Waals surface area contributed by atoms with Gasteiger partial charge in [-0.05, 0) is 23.6 Å². The Kier molecular flexibility index (Phi) is 6.21. The SMILES string of the molecule is CN=C(NCc1nccn1CC(C)C)N(C)Cc1ccc2c(c1)OCCO2. The molecule has 2 aromatic rings. The number of hydrogen-bond acceptors (Lipinski definition) is 4. The van der Waals surface area contributed by atoms with E-state index in [1.165, 1.54) is 0 Å². The van der Waals surface area contributed by atoms with Gasteiger partial charge in [-0.2, -0.15) is 0 Å². The van der Waals surface area contributed by atoms with E-state index in [9.17, 15) is 0 Å². The molecule has 7 heteroatoms. The molecule has 0 bridgehead atoms. The molecule has 0 fully saturated rings. The van der Waals surface area contributed by atoms with Gasteiger partial charge < -0.3 is 24.3 Å². The molecule has 0 aliphatic carbocycles. The highest BCUT2D eigenvalue weighted by Crippen LogP contribution is 2.31. The van der Waals surface area contributed by atoms with Crippen molar-refractivity contribution < 1.29 is 9.47 Å². The number of nitrogens with one attached hydrogen (secondary N) is 1. The lowest BCUT2D eigenvalue weighted by Crippen LogP contribution is -2.38. The molecule has 1 aromatic carbocycles. The maximum atomic E-state index is 5.67. The second-order valence-electron chi connectivity index (χ2n) is 7.12. The highest BCUT2D eigenvalue weighted by Gasteiger charge is 2.14. The van der Waals surface area contributed by atoms with Crippen LogP contribution in [0.2, 0.25) is 0 Å². The van der Waals surface area contributed by atoms with Gasteiger partial charge in [0, 0.05) is 39.6 Å². The molecule has 1 aromatic heterocycles. The molecule has 3 rings (SSSR count). The van der Waals surface area contributed by atoms with Crippen molar-refractivity contribution in [2.45, 2.75) is 33.5 Å². The van der Waals surface area contributed by atoms with Crippen molar-refractivity contribution in [3.63, 3.8) is 0 Å². The van der Waals surface area contributed by atoms with Crippen LogP contribution in [0.4, 0.5) is 0 Å². The third-order valence-corrected chi connectivity index (χ3v) is 4.37. The summed E-state index contributed by atoms with van der Waals surface area (Å²) in [4.78, 5) is 10.9. The molecule has 0 amide bonds. The van der Waals surface area contributed by atoms with Crippen molar-refractivity contribution in [1.29, 1.82) is 0 Å². The van der Waals surface area contributed by atoms with Crippen LogP contribution in [0.5, 0.6) is 11.5 Å². The van der Waals surface area contributed by atoms with Gasteiger partial charge in [-0.1, -0.05) is 19.9 Å². The van der Waals surface area contributed by atoms with Crippen LogP contribution in [0.3, 0.4) is 0 Å². The Hall–Kier alpha value is -2.70. The number of nitrogens with zero attached hydrogens (tertiary/aromatic N) is 4. The minimum atomic E-state index is 0.579. The molecule has 27 heavy (non-hydrogen) atoms. The molecule has 0 atom stereocenters. The summed E-state index contributed by atoms with van der Waals surface area (Å²) >= 11 is 0. The lowest BCUT2D eigenvalue weighted by atomic mass is 10.2. The third-order valence-electron chi connectivity index (χ3n) is 4.37. The fraction of sp³-hybridized carbons (Fsp3) is 0.500. The number of aromatic nitrogens is 2. The van der Waals surface area contributed by atoms with E-state index in [4.69, 9.17) is 9.47 Å². The largest absolute Gasteiger partial charge is 0.486 e. The molecular weight excluding hydrogens is 342 g/mol. The maximum Gasteiger partial charge on any atom is 0.194 e.